The smallest absolute Gasteiger partial charge is 0.305 e. The van der Waals surface area contributed by atoms with Gasteiger partial charge in [-0.05, 0) is 28.5 Å². The van der Waals surface area contributed by atoms with E-state index in [0.29, 0.717) is 5.02 Å². The van der Waals surface area contributed by atoms with Crippen LogP contribution in [0.2, 0.25) is 5.02 Å². The van der Waals surface area contributed by atoms with Crippen LogP contribution in [0, 0.1) is 12.1 Å². The molecule has 0 atom stereocenters. The van der Waals surface area contributed by atoms with E-state index in [2.05, 4.69) is 22.1 Å². The molecule has 26 heavy (non-hydrogen) atoms. The van der Waals surface area contributed by atoms with Gasteiger partial charge in [-0.25, -0.2) is 0 Å². The Kier molecular flexibility index (Phi) is 8.21. The molecule has 0 amide bonds. The molecule has 2 aromatic carbocycles. The van der Waals surface area contributed by atoms with Gasteiger partial charge in [-0.2, -0.15) is 0 Å². The minimum atomic E-state index is 0. The molecule has 0 aliphatic carbocycles. The predicted octanol–water partition coefficient (Wildman–Crippen LogP) is 5.75. The summed E-state index contributed by atoms with van der Waals surface area (Å²) in [6.07, 6.45) is 3.54. The molecule has 0 aliphatic heterocycles. The minimum absolute atomic E-state index is 0. The Morgan fingerprint density at radius 3 is 1.81 bits per heavy atom. The van der Waals surface area contributed by atoms with Crippen molar-refractivity contribution in [1.82, 2.24) is 9.97 Å². The maximum atomic E-state index is 5.85. The third kappa shape index (κ3) is 5.91. The molecule has 2 heterocycles. The van der Waals surface area contributed by atoms with Crippen LogP contribution in [0.3, 0.4) is 0 Å². The Hall–Kier alpha value is -2.28. The maximum absolute atomic E-state index is 5.85. The first kappa shape index (κ1) is 20.0. The second-order valence-corrected chi connectivity index (χ2v) is 5.56. The number of rotatable bonds is 2. The van der Waals surface area contributed by atoms with Crippen molar-refractivity contribution in [3.05, 3.63) is 108 Å². The molecule has 0 aliphatic rings. The van der Waals surface area contributed by atoms with E-state index in [1.54, 1.807) is 24.5 Å². The Balaban J connectivity index is 0.000000180. The van der Waals surface area contributed by atoms with Crippen LogP contribution in [0.5, 0.6) is 0 Å². The van der Waals surface area contributed by atoms with Crippen LogP contribution < -0.4 is 0 Å². The zero-order chi connectivity index (χ0) is 17.3. The van der Waals surface area contributed by atoms with Crippen molar-refractivity contribution in [2.75, 3.05) is 0 Å². The molecule has 0 saturated heterocycles. The van der Waals surface area contributed by atoms with Crippen LogP contribution in [0.15, 0.2) is 91.3 Å². The van der Waals surface area contributed by atoms with Crippen molar-refractivity contribution >= 4 is 11.6 Å². The van der Waals surface area contributed by atoms with Gasteiger partial charge in [0, 0.05) is 12.4 Å². The van der Waals surface area contributed by atoms with Crippen LogP contribution in [0.1, 0.15) is 0 Å². The standard InChI is InChI=1S/C11H7ClN.C11H8N.Pt/c12-10-5-3-4-9(8-10)11-6-1-2-7-13-11;1-2-6-10(7-3-1)11-8-4-5-9-12-11;/h1-3,5-8H;1-6,8-9H;/q2*-1;+2. The number of halogens is 1. The van der Waals surface area contributed by atoms with Gasteiger partial charge >= 0.3 is 21.1 Å². The summed E-state index contributed by atoms with van der Waals surface area (Å²) in [7, 11) is 0. The number of nitrogens with zero attached hydrogens (tertiary/aromatic N) is 2. The summed E-state index contributed by atoms with van der Waals surface area (Å²) in [5, 5.41) is 0.708. The van der Waals surface area contributed by atoms with E-state index < -0.39 is 0 Å². The van der Waals surface area contributed by atoms with Gasteiger partial charge < -0.3 is 9.97 Å². The van der Waals surface area contributed by atoms with Crippen molar-refractivity contribution < 1.29 is 21.1 Å². The van der Waals surface area contributed by atoms with Crippen LogP contribution in [-0.4, -0.2) is 9.97 Å². The summed E-state index contributed by atoms with van der Waals surface area (Å²) in [5.74, 6) is 0. The summed E-state index contributed by atoms with van der Waals surface area (Å²) in [6, 6.07) is 31.1. The van der Waals surface area contributed by atoms with Crippen LogP contribution >= 0.6 is 11.6 Å². The number of pyridine rings is 2. The van der Waals surface area contributed by atoms with E-state index >= 15 is 0 Å². The zero-order valence-corrected chi connectivity index (χ0v) is 16.8. The summed E-state index contributed by atoms with van der Waals surface area (Å²) in [5.41, 5.74) is 3.83. The molecule has 0 saturated carbocycles. The van der Waals surface area contributed by atoms with E-state index in [0.717, 1.165) is 22.5 Å². The van der Waals surface area contributed by atoms with Crippen molar-refractivity contribution in [2.45, 2.75) is 0 Å². The van der Waals surface area contributed by atoms with Gasteiger partial charge in [0.25, 0.3) is 0 Å². The third-order valence-electron chi connectivity index (χ3n) is 3.35. The molecule has 0 spiro atoms. The van der Waals surface area contributed by atoms with Crippen LogP contribution in [-0.2, 0) is 21.1 Å². The van der Waals surface area contributed by atoms with E-state index in [-0.39, 0.29) is 21.1 Å². The number of hydrogen-bond acceptors (Lipinski definition) is 2. The second kappa shape index (κ2) is 10.7. The van der Waals surface area contributed by atoms with Crippen molar-refractivity contribution in [3.63, 3.8) is 0 Å². The van der Waals surface area contributed by atoms with E-state index in [9.17, 15) is 0 Å². The molecule has 0 radical (unpaired) electrons. The van der Waals surface area contributed by atoms with Crippen molar-refractivity contribution in [2.24, 2.45) is 0 Å². The maximum Gasteiger partial charge on any atom is 2.00 e. The fraction of sp³-hybridized carbons (Fsp3) is 0. The van der Waals surface area contributed by atoms with Crippen LogP contribution in [0.25, 0.3) is 22.5 Å². The van der Waals surface area contributed by atoms with Gasteiger partial charge in [0.05, 0.1) is 0 Å². The van der Waals surface area contributed by atoms with Gasteiger partial charge in [-0.3, -0.25) is 0 Å². The quantitative estimate of drug-likeness (QED) is 0.304. The average Bonchev–Trinajstić information content (AvgIpc) is 2.71. The largest absolute Gasteiger partial charge is 2.00 e. The normalized spacial score (nSPS) is 9.42. The fourth-order valence-electron chi connectivity index (χ4n) is 2.18. The molecule has 4 aromatic rings. The van der Waals surface area contributed by atoms with Gasteiger partial charge in [0.2, 0.25) is 0 Å². The van der Waals surface area contributed by atoms with E-state index in [1.807, 2.05) is 66.7 Å². The molecule has 0 fully saturated rings. The summed E-state index contributed by atoms with van der Waals surface area (Å²) in [4.78, 5) is 8.42. The molecule has 2 aromatic heterocycles. The van der Waals surface area contributed by atoms with Crippen molar-refractivity contribution in [3.8, 4) is 22.5 Å². The molecule has 2 nitrogen and oxygen atoms in total. The Labute approximate surface area is 173 Å². The van der Waals surface area contributed by atoms with E-state index in [4.69, 9.17) is 11.6 Å². The number of benzene rings is 2. The molecule has 0 bridgehead atoms. The molecular formula is C22H15ClN2Pt. The van der Waals surface area contributed by atoms with Gasteiger partial charge in [0.15, 0.2) is 0 Å². The third-order valence-corrected chi connectivity index (χ3v) is 3.59. The molecule has 0 N–H and O–H groups in total. The van der Waals surface area contributed by atoms with Gasteiger partial charge in [0.1, 0.15) is 0 Å². The van der Waals surface area contributed by atoms with Crippen LogP contribution in [0.4, 0.5) is 0 Å². The topological polar surface area (TPSA) is 25.8 Å². The Bertz CT molecular complexity index is 863. The molecule has 130 valence electrons. The fourth-order valence-corrected chi connectivity index (χ4v) is 2.36. The van der Waals surface area contributed by atoms with Gasteiger partial charge in [-0.1, -0.05) is 24.3 Å². The molecule has 4 heteroatoms. The second-order valence-electron chi connectivity index (χ2n) is 5.13. The zero-order valence-electron chi connectivity index (χ0n) is 13.7. The summed E-state index contributed by atoms with van der Waals surface area (Å²) >= 11 is 5.85. The number of hydrogen-bond donors (Lipinski definition) is 0. The molecule has 0 unspecified atom stereocenters. The Morgan fingerprint density at radius 1 is 0.654 bits per heavy atom. The molecule has 4 rings (SSSR count). The first-order valence-electron chi connectivity index (χ1n) is 7.80. The summed E-state index contributed by atoms with van der Waals surface area (Å²) < 4.78 is 0. The first-order chi connectivity index (χ1) is 12.3. The minimum Gasteiger partial charge on any atom is -0.305 e. The predicted molar refractivity (Wildman–Crippen MR) is 102 cm³/mol. The van der Waals surface area contributed by atoms with Gasteiger partial charge in [-0.15, -0.1) is 77.3 Å². The van der Waals surface area contributed by atoms with E-state index in [1.165, 1.54) is 0 Å². The first-order valence-corrected chi connectivity index (χ1v) is 8.17. The molecular weight excluding hydrogens is 523 g/mol. The average molecular weight is 538 g/mol. The number of aromatic nitrogens is 2. The Morgan fingerprint density at radius 2 is 1.27 bits per heavy atom. The van der Waals surface area contributed by atoms with Crippen molar-refractivity contribution in [1.29, 1.82) is 0 Å². The summed E-state index contributed by atoms with van der Waals surface area (Å²) in [6.45, 7) is 0. The monoisotopic (exact) mass is 537 g/mol. The SMILES string of the molecule is Clc1cc[c-]c(-c2ccccn2)c1.[Pt+2].[c-]1ccccc1-c1ccccn1.